The Balaban J connectivity index is 1.93. The van der Waals surface area contributed by atoms with Crippen LogP contribution in [0.25, 0.3) is 0 Å². The summed E-state index contributed by atoms with van der Waals surface area (Å²) in [4.78, 5) is 7.66. The van der Waals surface area contributed by atoms with Crippen molar-refractivity contribution in [2.45, 2.75) is 44.1 Å². The van der Waals surface area contributed by atoms with Crippen molar-refractivity contribution in [1.29, 1.82) is 0 Å². The Kier molecular flexibility index (Phi) is 3.88. The Bertz CT molecular complexity index is 517. The number of hydrogen-bond acceptors (Lipinski definition) is 2. The molecule has 0 spiro atoms. The number of aliphatic hydroxyl groups is 1. The van der Waals surface area contributed by atoms with Crippen LogP contribution in [0.15, 0.2) is 42.7 Å². The zero-order valence-electron chi connectivity index (χ0n) is 11.8. The Morgan fingerprint density at radius 3 is 2.65 bits per heavy atom. The lowest BCUT2D eigenvalue weighted by Crippen LogP contribution is -2.39. The molecule has 1 aliphatic rings. The van der Waals surface area contributed by atoms with Crippen LogP contribution in [-0.2, 0) is 12.0 Å². The highest BCUT2D eigenvalue weighted by Crippen LogP contribution is 2.40. The molecule has 0 bridgehead atoms. The molecule has 2 aromatic rings. The third-order valence-corrected chi connectivity index (χ3v) is 4.51. The maximum atomic E-state index is 11.4. The van der Waals surface area contributed by atoms with E-state index in [4.69, 9.17) is 0 Å². The van der Waals surface area contributed by atoms with Crippen molar-refractivity contribution in [2.24, 2.45) is 5.92 Å². The second kappa shape index (κ2) is 5.80. The second-order valence-electron chi connectivity index (χ2n) is 5.85. The van der Waals surface area contributed by atoms with Gasteiger partial charge in [0.2, 0.25) is 0 Å². The number of aromatic amines is 1. The van der Waals surface area contributed by atoms with E-state index >= 15 is 0 Å². The van der Waals surface area contributed by atoms with Crippen LogP contribution in [-0.4, -0.2) is 15.1 Å². The van der Waals surface area contributed by atoms with Crippen molar-refractivity contribution in [3.8, 4) is 0 Å². The molecule has 0 aromatic carbocycles. The average molecular weight is 270 g/mol. The molecule has 20 heavy (non-hydrogen) atoms. The van der Waals surface area contributed by atoms with Crippen molar-refractivity contribution in [3.63, 3.8) is 0 Å². The lowest BCUT2D eigenvalue weighted by atomic mass is 9.73. The highest BCUT2D eigenvalue weighted by atomic mass is 16.3. The predicted molar refractivity (Wildman–Crippen MR) is 79.2 cm³/mol. The van der Waals surface area contributed by atoms with Crippen molar-refractivity contribution >= 4 is 0 Å². The van der Waals surface area contributed by atoms with Gasteiger partial charge in [-0.3, -0.25) is 4.98 Å². The Morgan fingerprint density at radius 1 is 1.15 bits per heavy atom. The van der Waals surface area contributed by atoms with Gasteiger partial charge in [0, 0.05) is 24.5 Å². The Morgan fingerprint density at radius 2 is 2.00 bits per heavy atom. The monoisotopic (exact) mass is 270 g/mol. The first-order valence-corrected chi connectivity index (χ1v) is 7.55. The number of pyridine rings is 1. The zero-order valence-corrected chi connectivity index (χ0v) is 11.8. The number of rotatable bonds is 4. The van der Waals surface area contributed by atoms with E-state index in [2.05, 4.69) is 9.97 Å². The summed E-state index contributed by atoms with van der Waals surface area (Å²) in [6, 6.07) is 9.84. The van der Waals surface area contributed by atoms with E-state index < -0.39 is 5.60 Å². The number of aromatic nitrogens is 2. The second-order valence-corrected chi connectivity index (χ2v) is 5.85. The van der Waals surface area contributed by atoms with Crippen molar-refractivity contribution in [3.05, 3.63) is 54.1 Å². The third-order valence-electron chi connectivity index (χ3n) is 4.51. The van der Waals surface area contributed by atoms with E-state index in [-0.39, 0.29) is 0 Å². The molecule has 106 valence electrons. The molecule has 0 aliphatic heterocycles. The maximum Gasteiger partial charge on any atom is 0.115 e. The summed E-state index contributed by atoms with van der Waals surface area (Å²) in [6.07, 6.45) is 10.2. The summed E-state index contributed by atoms with van der Waals surface area (Å²) in [5.74, 6) is 0.300. The Labute approximate surface area is 120 Å². The molecular weight excluding hydrogens is 248 g/mol. The molecule has 1 aliphatic carbocycles. The smallest absolute Gasteiger partial charge is 0.115 e. The quantitative estimate of drug-likeness (QED) is 0.894. The Hall–Kier alpha value is -1.61. The SMILES string of the molecule is OC(Cc1ccc[nH]1)(c1ccccn1)C1CCCCC1. The fraction of sp³-hybridized carbons (Fsp3) is 0.471. The van der Waals surface area contributed by atoms with Crippen LogP contribution < -0.4 is 0 Å². The minimum absolute atomic E-state index is 0.300. The summed E-state index contributed by atoms with van der Waals surface area (Å²) in [6.45, 7) is 0. The topological polar surface area (TPSA) is 48.9 Å². The van der Waals surface area contributed by atoms with Gasteiger partial charge in [0.05, 0.1) is 5.69 Å². The molecule has 1 atom stereocenters. The largest absolute Gasteiger partial charge is 0.383 e. The molecule has 1 saturated carbocycles. The summed E-state index contributed by atoms with van der Waals surface area (Å²) in [5.41, 5.74) is 1.03. The van der Waals surface area contributed by atoms with Crippen LogP contribution in [0.1, 0.15) is 43.5 Å². The number of nitrogens with zero attached hydrogens (tertiary/aromatic N) is 1. The van der Waals surface area contributed by atoms with Crippen LogP contribution in [0.2, 0.25) is 0 Å². The first-order chi connectivity index (χ1) is 9.79. The minimum Gasteiger partial charge on any atom is -0.383 e. The average Bonchev–Trinajstić information content (AvgIpc) is 3.02. The molecule has 0 saturated heterocycles. The van der Waals surface area contributed by atoms with Gasteiger partial charge in [-0.2, -0.15) is 0 Å². The van der Waals surface area contributed by atoms with Gasteiger partial charge >= 0.3 is 0 Å². The molecule has 2 heterocycles. The first-order valence-electron chi connectivity index (χ1n) is 7.55. The van der Waals surface area contributed by atoms with E-state index in [0.29, 0.717) is 12.3 Å². The van der Waals surface area contributed by atoms with E-state index in [1.807, 2.05) is 36.5 Å². The first kappa shape index (κ1) is 13.4. The third kappa shape index (κ3) is 2.63. The number of nitrogens with one attached hydrogen (secondary N) is 1. The van der Waals surface area contributed by atoms with Gasteiger partial charge in [-0.05, 0) is 43.0 Å². The van der Waals surface area contributed by atoms with Crippen LogP contribution in [0, 0.1) is 5.92 Å². The highest BCUT2D eigenvalue weighted by Gasteiger charge is 2.40. The fourth-order valence-corrected chi connectivity index (χ4v) is 3.41. The van der Waals surface area contributed by atoms with Gasteiger partial charge < -0.3 is 10.1 Å². The summed E-state index contributed by atoms with van der Waals surface area (Å²) < 4.78 is 0. The summed E-state index contributed by atoms with van der Waals surface area (Å²) >= 11 is 0. The van der Waals surface area contributed by atoms with Crippen molar-refractivity contribution in [2.75, 3.05) is 0 Å². The minimum atomic E-state index is -0.855. The summed E-state index contributed by atoms with van der Waals surface area (Å²) in [5, 5.41) is 11.4. The predicted octanol–water partition coefficient (Wildman–Crippen LogP) is 3.42. The number of hydrogen-bond donors (Lipinski definition) is 2. The van der Waals surface area contributed by atoms with Gasteiger partial charge in [0.1, 0.15) is 5.60 Å². The fourth-order valence-electron chi connectivity index (χ4n) is 3.41. The lowest BCUT2D eigenvalue weighted by Gasteiger charge is -2.38. The van der Waals surface area contributed by atoms with E-state index in [1.165, 1.54) is 19.3 Å². The normalized spacial score (nSPS) is 19.6. The van der Waals surface area contributed by atoms with E-state index in [9.17, 15) is 5.11 Å². The molecule has 2 N–H and O–H groups in total. The van der Waals surface area contributed by atoms with Crippen LogP contribution >= 0.6 is 0 Å². The standard InChI is InChI=1S/C17H22N2O/c20-17(13-15-9-6-12-18-15,14-7-2-1-3-8-14)16-10-4-5-11-19-16/h4-6,9-12,14,18,20H,1-3,7-8,13H2. The molecule has 3 heteroatoms. The van der Waals surface area contributed by atoms with Crippen molar-refractivity contribution in [1.82, 2.24) is 9.97 Å². The van der Waals surface area contributed by atoms with E-state index in [1.54, 1.807) is 6.20 Å². The number of H-pyrrole nitrogens is 1. The van der Waals surface area contributed by atoms with Gasteiger partial charge in [-0.25, -0.2) is 0 Å². The van der Waals surface area contributed by atoms with E-state index in [0.717, 1.165) is 24.2 Å². The van der Waals surface area contributed by atoms with Crippen LogP contribution in [0.4, 0.5) is 0 Å². The highest BCUT2D eigenvalue weighted by molar-refractivity contribution is 5.19. The molecule has 2 aromatic heterocycles. The molecule has 3 nitrogen and oxygen atoms in total. The van der Waals surface area contributed by atoms with Gasteiger partial charge in [-0.1, -0.05) is 25.3 Å². The van der Waals surface area contributed by atoms with Gasteiger partial charge in [0.25, 0.3) is 0 Å². The van der Waals surface area contributed by atoms with Gasteiger partial charge in [0.15, 0.2) is 0 Å². The van der Waals surface area contributed by atoms with Gasteiger partial charge in [-0.15, -0.1) is 0 Å². The molecule has 0 radical (unpaired) electrons. The zero-order chi connectivity index (χ0) is 13.8. The van der Waals surface area contributed by atoms with Crippen LogP contribution in [0.3, 0.4) is 0 Å². The molecule has 0 amide bonds. The maximum absolute atomic E-state index is 11.4. The van der Waals surface area contributed by atoms with Crippen LogP contribution in [0.5, 0.6) is 0 Å². The lowest BCUT2D eigenvalue weighted by molar-refractivity contribution is -0.0429. The molecule has 3 rings (SSSR count). The molecular formula is C17H22N2O. The molecule has 1 fully saturated rings. The summed E-state index contributed by atoms with van der Waals surface area (Å²) in [7, 11) is 0. The van der Waals surface area contributed by atoms with Crippen molar-refractivity contribution < 1.29 is 5.11 Å². The molecule has 1 unspecified atom stereocenters.